The molecule has 0 atom stereocenters. The molecule has 0 aromatic rings. The Kier molecular flexibility index (Phi) is 3.30. The van der Waals surface area contributed by atoms with Crippen molar-refractivity contribution in [2.45, 2.75) is 6.92 Å². The summed E-state index contributed by atoms with van der Waals surface area (Å²) in [5.41, 5.74) is -0.334. The maximum Gasteiger partial charge on any atom is 0.349 e. The number of hydrogen-bond acceptors (Lipinski definition) is 5. The van der Waals surface area contributed by atoms with Crippen LogP contribution in [0.3, 0.4) is 0 Å². The van der Waals surface area contributed by atoms with Crippen molar-refractivity contribution < 1.29 is 23.1 Å². The normalized spacial score (nSPS) is 18.2. The second-order valence-electron chi connectivity index (χ2n) is 2.49. The first-order valence-corrected chi connectivity index (χ1v) is 6.28. The summed E-state index contributed by atoms with van der Waals surface area (Å²) in [5, 5.41) is 8.00. The molecule has 82 valence electrons. The van der Waals surface area contributed by atoms with E-state index in [0.29, 0.717) is 5.75 Å². The summed E-state index contributed by atoms with van der Waals surface area (Å²) >= 11 is 0.871. The van der Waals surface area contributed by atoms with E-state index in [9.17, 15) is 18.0 Å². The van der Waals surface area contributed by atoms with Crippen LogP contribution in [0.2, 0.25) is 0 Å². The van der Waals surface area contributed by atoms with Crippen LogP contribution in [-0.2, 0) is 19.6 Å². The van der Waals surface area contributed by atoms with Gasteiger partial charge in [0, 0.05) is 0 Å². The lowest BCUT2D eigenvalue weighted by molar-refractivity contribution is -0.131. The number of thioether (sulfide) groups is 1. The fourth-order valence-corrected chi connectivity index (χ4v) is 2.42. The minimum atomic E-state index is -4.18. The summed E-state index contributed by atoms with van der Waals surface area (Å²) in [6.45, 7) is 1.72. The molecule has 1 rings (SSSR count). The maximum absolute atomic E-state index is 11.2. The van der Waals surface area contributed by atoms with E-state index >= 15 is 0 Å². The van der Waals surface area contributed by atoms with Crippen molar-refractivity contribution in [2.24, 2.45) is 4.40 Å². The highest BCUT2D eigenvalue weighted by atomic mass is 32.2. The Morgan fingerprint density at radius 3 is 2.53 bits per heavy atom. The van der Waals surface area contributed by atoms with E-state index in [-0.39, 0.29) is 5.71 Å². The van der Waals surface area contributed by atoms with E-state index in [4.69, 9.17) is 5.11 Å². The van der Waals surface area contributed by atoms with Crippen molar-refractivity contribution in [3.8, 4) is 0 Å². The predicted octanol–water partition coefficient (Wildman–Crippen LogP) is 0.0190. The molecule has 0 aromatic carbocycles. The number of carbonyl (C=O) groups is 2. The first-order valence-electron chi connectivity index (χ1n) is 3.85. The third-order valence-electron chi connectivity index (χ3n) is 1.46. The molecule has 0 radical (unpaired) electrons. The molecule has 0 fully saturated rings. The van der Waals surface area contributed by atoms with Crippen LogP contribution in [0.1, 0.15) is 6.92 Å². The number of aliphatic carboxylic acids is 1. The monoisotopic (exact) mass is 249 g/mol. The van der Waals surface area contributed by atoms with Gasteiger partial charge in [-0.15, -0.1) is 0 Å². The smallest absolute Gasteiger partial charge is 0.349 e. The van der Waals surface area contributed by atoms with Crippen LogP contribution in [0, 0.1) is 0 Å². The zero-order valence-corrected chi connectivity index (χ0v) is 9.26. The Labute approximate surface area is 90.1 Å². The zero-order chi connectivity index (χ0) is 11.6. The fraction of sp³-hybridized carbons (Fsp3) is 0.286. The van der Waals surface area contributed by atoms with Gasteiger partial charge in [-0.3, -0.25) is 4.79 Å². The Bertz CT molecular complexity index is 474. The Hall–Kier alpha value is -1.15. The molecule has 0 unspecified atom stereocenters. The van der Waals surface area contributed by atoms with E-state index in [0.717, 1.165) is 17.8 Å². The molecule has 1 heterocycles. The average molecular weight is 249 g/mol. The number of allylic oxidation sites excluding steroid dienone is 1. The third kappa shape index (κ3) is 2.45. The van der Waals surface area contributed by atoms with Gasteiger partial charge < -0.3 is 5.11 Å². The lowest BCUT2D eigenvalue weighted by atomic mass is 10.3. The molecule has 1 N–H and O–H groups in total. The zero-order valence-electron chi connectivity index (χ0n) is 7.63. The van der Waals surface area contributed by atoms with Crippen LogP contribution in [0.15, 0.2) is 15.4 Å². The predicted molar refractivity (Wildman–Crippen MR) is 55.2 cm³/mol. The number of hydrogen-bond donors (Lipinski definition) is 1. The lowest BCUT2D eigenvalue weighted by Crippen LogP contribution is -2.07. The van der Waals surface area contributed by atoms with Gasteiger partial charge in [0.15, 0.2) is 4.91 Å². The highest BCUT2D eigenvalue weighted by molar-refractivity contribution is 8.15. The number of rotatable bonds is 3. The number of nitrogens with zero attached hydrogens (tertiary/aromatic N) is 1. The van der Waals surface area contributed by atoms with Crippen molar-refractivity contribution in [1.82, 2.24) is 0 Å². The van der Waals surface area contributed by atoms with E-state index in [1.807, 2.05) is 0 Å². The molecule has 15 heavy (non-hydrogen) atoms. The Balaban J connectivity index is 3.08. The van der Waals surface area contributed by atoms with Gasteiger partial charge in [0.25, 0.3) is 10.0 Å². The molecular weight excluding hydrogens is 242 g/mol. The summed E-state index contributed by atoms with van der Waals surface area (Å²) in [5.74, 6) is -1.14. The highest BCUT2D eigenvalue weighted by Gasteiger charge is 2.32. The second-order valence-corrected chi connectivity index (χ2v) is 5.30. The number of carboxylic acids is 1. The first kappa shape index (κ1) is 11.9. The molecule has 1 aliphatic rings. The van der Waals surface area contributed by atoms with Gasteiger partial charge in [-0.05, 0) is 11.8 Å². The maximum atomic E-state index is 11.2. The van der Waals surface area contributed by atoms with Crippen LogP contribution in [0.5, 0.6) is 0 Å². The van der Waals surface area contributed by atoms with Crippen molar-refractivity contribution in [3.05, 3.63) is 11.0 Å². The molecule has 8 heteroatoms. The topological polar surface area (TPSA) is 101 Å². The molecule has 0 aliphatic carbocycles. The largest absolute Gasteiger partial charge is 0.477 e. The molecule has 1 aliphatic heterocycles. The molecule has 0 saturated carbocycles. The number of sulfonamides is 1. The fourth-order valence-electron chi connectivity index (χ4n) is 0.877. The van der Waals surface area contributed by atoms with Crippen LogP contribution < -0.4 is 0 Å². The van der Waals surface area contributed by atoms with Crippen LogP contribution in [0.25, 0.3) is 0 Å². The van der Waals surface area contributed by atoms with E-state index in [1.54, 1.807) is 6.92 Å². The first-order chi connectivity index (χ1) is 6.88. The van der Waals surface area contributed by atoms with Gasteiger partial charge >= 0.3 is 5.97 Å². The second kappa shape index (κ2) is 4.15. The van der Waals surface area contributed by atoms with Gasteiger partial charge in [-0.25, -0.2) is 4.79 Å². The number of carboxylic acid groups (broad SMARTS) is 1. The Morgan fingerprint density at radius 1 is 1.53 bits per heavy atom. The molecule has 0 bridgehead atoms. The third-order valence-corrected chi connectivity index (χ3v) is 3.50. The van der Waals surface area contributed by atoms with E-state index in [1.165, 1.54) is 0 Å². The van der Waals surface area contributed by atoms with Gasteiger partial charge in [-0.1, -0.05) is 18.7 Å². The van der Waals surface area contributed by atoms with E-state index < -0.39 is 26.0 Å². The van der Waals surface area contributed by atoms with Crippen LogP contribution >= 0.6 is 11.8 Å². The van der Waals surface area contributed by atoms with Crippen LogP contribution in [0.4, 0.5) is 0 Å². The molecule has 0 aromatic heterocycles. The Morgan fingerprint density at radius 2 is 2.13 bits per heavy atom. The summed E-state index contributed by atoms with van der Waals surface area (Å²) in [7, 11) is -4.18. The molecule has 0 saturated heterocycles. The van der Waals surface area contributed by atoms with Gasteiger partial charge in [0.05, 0.1) is 0 Å². The highest BCUT2D eigenvalue weighted by Crippen LogP contribution is 2.19. The molecular formula is C7H7NO5S2. The van der Waals surface area contributed by atoms with Gasteiger partial charge in [0.1, 0.15) is 5.71 Å². The van der Waals surface area contributed by atoms with Gasteiger partial charge in [-0.2, -0.15) is 12.8 Å². The standard InChI is InChI=1S/C7H7NO5S2/c1-2-14-7(11)4-3-5(6(9)10)15(12,13)8-4/h3H,2H2,1H3,(H,9,10). The van der Waals surface area contributed by atoms with Crippen molar-refractivity contribution in [2.75, 3.05) is 5.75 Å². The van der Waals surface area contributed by atoms with Crippen LogP contribution in [-0.4, -0.2) is 36.1 Å². The van der Waals surface area contributed by atoms with Gasteiger partial charge in [0.2, 0.25) is 5.12 Å². The summed E-state index contributed by atoms with van der Waals surface area (Å²) in [6.07, 6.45) is 0.780. The van der Waals surface area contributed by atoms with E-state index in [2.05, 4.69) is 4.40 Å². The lowest BCUT2D eigenvalue weighted by Gasteiger charge is -1.91. The summed E-state index contributed by atoms with van der Waals surface area (Å²) < 4.78 is 25.3. The molecule has 0 spiro atoms. The van der Waals surface area contributed by atoms with Crippen molar-refractivity contribution >= 4 is 38.6 Å². The average Bonchev–Trinajstić information content (AvgIpc) is 2.42. The summed E-state index contributed by atoms with van der Waals surface area (Å²) in [4.78, 5) is 20.9. The van der Waals surface area contributed by atoms with Crippen molar-refractivity contribution in [1.29, 1.82) is 0 Å². The minimum Gasteiger partial charge on any atom is -0.477 e. The quantitative estimate of drug-likeness (QED) is 0.756. The molecule has 6 nitrogen and oxygen atoms in total. The number of carbonyl (C=O) groups excluding carboxylic acids is 1. The van der Waals surface area contributed by atoms with Crippen molar-refractivity contribution in [3.63, 3.8) is 0 Å². The SMILES string of the molecule is CCSC(=O)C1=NS(=O)(=O)C(C(=O)O)=C1. The summed E-state index contributed by atoms with van der Waals surface area (Å²) in [6, 6.07) is 0. The molecule has 0 amide bonds. The minimum absolute atomic E-state index is 0.334.